The molecule has 1 heterocycles. The van der Waals surface area contributed by atoms with Crippen LogP contribution in [0.5, 0.6) is 0 Å². The summed E-state index contributed by atoms with van der Waals surface area (Å²) in [6, 6.07) is 0.692. The molecule has 1 N–H and O–H groups in total. The summed E-state index contributed by atoms with van der Waals surface area (Å²) in [6.07, 6.45) is 3.21. The molecule has 0 amide bonds. The molecule has 0 radical (unpaired) electrons. The standard InChI is InChI=1S/C14H23F3N2/c15-14(16,17)9-18-12-6-11(5-10-1-2-10)7-19(8-12)13-3-4-13/h10-13,18H,1-9H2. The van der Waals surface area contributed by atoms with Gasteiger partial charge in [0, 0.05) is 25.2 Å². The molecule has 110 valence electrons. The molecule has 3 aliphatic rings. The van der Waals surface area contributed by atoms with Gasteiger partial charge in [-0.3, -0.25) is 4.90 Å². The van der Waals surface area contributed by atoms with Crippen LogP contribution < -0.4 is 5.32 Å². The fourth-order valence-corrected chi connectivity index (χ4v) is 3.38. The zero-order valence-corrected chi connectivity index (χ0v) is 11.3. The zero-order valence-electron chi connectivity index (χ0n) is 11.3. The van der Waals surface area contributed by atoms with E-state index in [1.807, 2.05) is 0 Å². The topological polar surface area (TPSA) is 15.3 Å². The first-order chi connectivity index (χ1) is 8.99. The van der Waals surface area contributed by atoms with Crippen LogP contribution in [0.2, 0.25) is 0 Å². The SMILES string of the molecule is FC(F)(F)CNC1CC(CC2CC2)CN(C2CC2)C1. The van der Waals surface area contributed by atoms with Crippen LogP contribution in [0.25, 0.3) is 0 Å². The lowest BCUT2D eigenvalue weighted by molar-refractivity contribution is -0.127. The van der Waals surface area contributed by atoms with E-state index in [0.29, 0.717) is 12.0 Å². The largest absolute Gasteiger partial charge is 0.401 e. The van der Waals surface area contributed by atoms with Crippen molar-refractivity contribution in [1.82, 2.24) is 10.2 Å². The second kappa shape index (κ2) is 5.24. The van der Waals surface area contributed by atoms with Crippen LogP contribution in [0, 0.1) is 11.8 Å². The van der Waals surface area contributed by atoms with E-state index in [2.05, 4.69) is 10.2 Å². The molecule has 0 aromatic carbocycles. The summed E-state index contributed by atoms with van der Waals surface area (Å²) in [4.78, 5) is 2.44. The van der Waals surface area contributed by atoms with Crippen molar-refractivity contribution in [1.29, 1.82) is 0 Å². The van der Waals surface area contributed by atoms with Crippen LogP contribution in [0.3, 0.4) is 0 Å². The van der Waals surface area contributed by atoms with Gasteiger partial charge < -0.3 is 5.32 Å². The van der Waals surface area contributed by atoms with Gasteiger partial charge in [0.25, 0.3) is 0 Å². The van der Waals surface area contributed by atoms with Crippen LogP contribution in [0.1, 0.15) is 38.5 Å². The van der Waals surface area contributed by atoms with E-state index in [-0.39, 0.29) is 6.04 Å². The molecule has 19 heavy (non-hydrogen) atoms. The van der Waals surface area contributed by atoms with Gasteiger partial charge in [0.1, 0.15) is 0 Å². The van der Waals surface area contributed by atoms with Crippen molar-refractivity contribution in [2.75, 3.05) is 19.6 Å². The fourth-order valence-electron chi connectivity index (χ4n) is 3.38. The second-order valence-electron chi connectivity index (χ2n) is 6.66. The molecular weight excluding hydrogens is 253 g/mol. The first-order valence-electron chi connectivity index (χ1n) is 7.54. The Balaban J connectivity index is 1.52. The van der Waals surface area contributed by atoms with Crippen molar-refractivity contribution >= 4 is 0 Å². The quantitative estimate of drug-likeness (QED) is 0.830. The normalized spacial score (nSPS) is 33.6. The van der Waals surface area contributed by atoms with Crippen molar-refractivity contribution in [2.45, 2.75) is 56.8 Å². The Morgan fingerprint density at radius 2 is 1.74 bits per heavy atom. The maximum atomic E-state index is 12.3. The monoisotopic (exact) mass is 276 g/mol. The molecule has 0 spiro atoms. The summed E-state index contributed by atoms with van der Waals surface area (Å²) >= 11 is 0. The lowest BCUT2D eigenvalue weighted by atomic mass is 9.89. The van der Waals surface area contributed by atoms with Gasteiger partial charge >= 0.3 is 6.18 Å². The molecule has 0 aromatic heterocycles. The van der Waals surface area contributed by atoms with E-state index in [9.17, 15) is 13.2 Å². The highest BCUT2D eigenvalue weighted by Gasteiger charge is 2.38. The average Bonchev–Trinajstić information content (AvgIpc) is 3.17. The fraction of sp³-hybridized carbons (Fsp3) is 1.00. The van der Waals surface area contributed by atoms with Crippen LogP contribution in [-0.4, -0.2) is 42.8 Å². The molecule has 3 rings (SSSR count). The van der Waals surface area contributed by atoms with E-state index in [1.54, 1.807) is 0 Å². The molecule has 5 heteroatoms. The third-order valence-corrected chi connectivity index (χ3v) is 4.58. The predicted molar refractivity (Wildman–Crippen MR) is 67.9 cm³/mol. The summed E-state index contributed by atoms with van der Waals surface area (Å²) in [5.41, 5.74) is 0. The van der Waals surface area contributed by atoms with Crippen molar-refractivity contribution in [3.63, 3.8) is 0 Å². The van der Waals surface area contributed by atoms with Crippen LogP contribution >= 0.6 is 0 Å². The molecular formula is C14H23F3N2. The van der Waals surface area contributed by atoms with Gasteiger partial charge in [-0.2, -0.15) is 13.2 Å². The van der Waals surface area contributed by atoms with Gasteiger partial charge in [0.2, 0.25) is 0 Å². The zero-order chi connectivity index (χ0) is 13.5. The van der Waals surface area contributed by atoms with Gasteiger partial charge in [-0.1, -0.05) is 12.8 Å². The van der Waals surface area contributed by atoms with Gasteiger partial charge in [-0.25, -0.2) is 0 Å². The van der Waals surface area contributed by atoms with Crippen molar-refractivity contribution in [2.24, 2.45) is 11.8 Å². The number of nitrogens with one attached hydrogen (secondary N) is 1. The number of nitrogens with zero attached hydrogens (tertiary/aromatic N) is 1. The summed E-state index contributed by atoms with van der Waals surface area (Å²) in [5.74, 6) is 1.47. The third-order valence-electron chi connectivity index (χ3n) is 4.58. The first kappa shape index (κ1) is 13.7. The van der Waals surface area contributed by atoms with E-state index in [0.717, 1.165) is 25.4 Å². The molecule has 2 saturated carbocycles. The Morgan fingerprint density at radius 1 is 1.00 bits per heavy atom. The van der Waals surface area contributed by atoms with Gasteiger partial charge in [0.15, 0.2) is 0 Å². The number of hydrogen-bond acceptors (Lipinski definition) is 2. The minimum Gasteiger partial charge on any atom is -0.305 e. The minimum atomic E-state index is -4.09. The van der Waals surface area contributed by atoms with Crippen LogP contribution in [0.4, 0.5) is 13.2 Å². The molecule has 2 aliphatic carbocycles. The maximum Gasteiger partial charge on any atom is 0.401 e. The molecule has 0 bridgehead atoms. The second-order valence-corrected chi connectivity index (χ2v) is 6.66. The first-order valence-corrected chi connectivity index (χ1v) is 7.54. The molecule has 0 aromatic rings. The lowest BCUT2D eigenvalue weighted by Gasteiger charge is -2.38. The highest BCUT2D eigenvalue weighted by atomic mass is 19.4. The summed E-state index contributed by atoms with van der Waals surface area (Å²) in [7, 11) is 0. The number of piperidine rings is 1. The molecule has 2 nitrogen and oxygen atoms in total. The molecule has 2 atom stereocenters. The van der Waals surface area contributed by atoms with Gasteiger partial charge in [-0.05, 0) is 37.5 Å². The minimum absolute atomic E-state index is 0.0275. The Bertz CT molecular complexity index is 310. The number of alkyl halides is 3. The Hall–Kier alpha value is -0.290. The summed E-state index contributed by atoms with van der Waals surface area (Å²) in [5, 5.41) is 2.73. The highest BCUT2D eigenvalue weighted by molar-refractivity contribution is 4.93. The third kappa shape index (κ3) is 4.35. The smallest absolute Gasteiger partial charge is 0.305 e. The van der Waals surface area contributed by atoms with Gasteiger partial charge in [0.05, 0.1) is 6.54 Å². The molecule has 1 saturated heterocycles. The molecule has 1 aliphatic heterocycles. The van der Waals surface area contributed by atoms with Gasteiger partial charge in [-0.15, -0.1) is 0 Å². The Labute approximate surface area is 112 Å². The predicted octanol–water partition coefficient (Wildman–Crippen LogP) is 2.79. The van der Waals surface area contributed by atoms with E-state index >= 15 is 0 Å². The number of rotatable bonds is 5. The Morgan fingerprint density at radius 3 is 2.32 bits per heavy atom. The lowest BCUT2D eigenvalue weighted by Crippen LogP contribution is -2.51. The van der Waals surface area contributed by atoms with Crippen LogP contribution in [-0.2, 0) is 0 Å². The molecule has 2 unspecified atom stereocenters. The van der Waals surface area contributed by atoms with E-state index in [1.165, 1.54) is 32.1 Å². The highest BCUT2D eigenvalue weighted by Crippen LogP contribution is 2.39. The number of hydrogen-bond donors (Lipinski definition) is 1. The van der Waals surface area contributed by atoms with Crippen molar-refractivity contribution in [3.05, 3.63) is 0 Å². The van der Waals surface area contributed by atoms with Crippen molar-refractivity contribution < 1.29 is 13.2 Å². The number of halogens is 3. The molecule has 3 fully saturated rings. The Kier molecular flexibility index (Phi) is 3.78. The average molecular weight is 276 g/mol. The number of likely N-dealkylation sites (tertiary alicyclic amines) is 1. The maximum absolute atomic E-state index is 12.3. The van der Waals surface area contributed by atoms with E-state index in [4.69, 9.17) is 0 Å². The van der Waals surface area contributed by atoms with E-state index < -0.39 is 12.7 Å². The van der Waals surface area contributed by atoms with Crippen LogP contribution in [0.15, 0.2) is 0 Å². The summed E-state index contributed by atoms with van der Waals surface area (Å²) < 4.78 is 37.0. The van der Waals surface area contributed by atoms with Crippen molar-refractivity contribution in [3.8, 4) is 0 Å². The summed E-state index contributed by atoms with van der Waals surface area (Å²) in [6.45, 7) is 1.08.